The second kappa shape index (κ2) is 6.53. The Morgan fingerprint density at radius 3 is 2.89 bits per heavy atom. The molecule has 3 heteroatoms. The fraction of sp³-hybridized carbons (Fsp3) is 0.600. The summed E-state index contributed by atoms with van der Waals surface area (Å²) in [7, 11) is 0. The first kappa shape index (κ1) is 13.8. The maximum absolute atomic E-state index is 13.9. The Hall–Kier alpha value is -0.600. The van der Waals surface area contributed by atoms with E-state index in [9.17, 15) is 4.39 Å². The molecule has 0 aromatic heterocycles. The van der Waals surface area contributed by atoms with E-state index in [0.29, 0.717) is 12.0 Å². The van der Waals surface area contributed by atoms with Gasteiger partial charge in [-0.2, -0.15) is 0 Å². The van der Waals surface area contributed by atoms with Crippen molar-refractivity contribution in [3.63, 3.8) is 0 Å². The lowest BCUT2D eigenvalue weighted by Gasteiger charge is -2.32. The van der Waals surface area contributed by atoms with Crippen LogP contribution in [0.25, 0.3) is 0 Å². The molecule has 1 nitrogen and oxygen atoms in total. The molecular weight excluding hydrogens is 249 g/mol. The van der Waals surface area contributed by atoms with Crippen molar-refractivity contribution in [1.82, 2.24) is 5.32 Å². The summed E-state index contributed by atoms with van der Waals surface area (Å²) in [5, 5.41) is 3.77. The highest BCUT2D eigenvalue weighted by molar-refractivity contribution is 6.30. The predicted octanol–water partition coefficient (Wildman–Crippen LogP) is 4.19. The van der Waals surface area contributed by atoms with Gasteiger partial charge in [0.15, 0.2) is 0 Å². The normalized spacial score (nSPS) is 24.2. The van der Waals surface area contributed by atoms with E-state index in [2.05, 4.69) is 12.2 Å². The molecule has 18 heavy (non-hydrogen) atoms. The minimum atomic E-state index is -0.236. The van der Waals surface area contributed by atoms with Crippen molar-refractivity contribution >= 4 is 11.6 Å². The summed E-state index contributed by atoms with van der Waals surface area (Å²) in [6, 6.07) is 5.84. The van der Waals surface area contributed by atoms with Gasteiger partial charge in [-0.15, -0.1) is 0 Å². The molecule has 0 radical (unpaired) electrons. The third kappa shape index (κ3) is 3.24. The van der Waals surface area contributed by atoms with Crippen molar-refractivity contribution in [1.29, 1.82) is 0 Å². The molecule has 1 saturated carbocycles. The van der Waals surface area contributed by atoms with Crippen LogP contribution in [0.1, 0.15) is 38.2 Å². The van der Waals surface area contributed by atoms with Gasteiger partial charge in [0.1, 0.15) is 5.82 Å². The van der Waals surface area contributed by atoms with Gasteiger partial charge < -0.3 is 5.32 Å². The molecule has 0 amide bonds. The second-order valence-electron chi connectivity index (χ2n) is 5.13. The Balaban J connectivity index is 2.08. The zero-order valence-electron chi connectivity index (χ0n) is 10.9. The predicted molar refractivity (Wildman–Crippen MR) is 74.5 cm³/mol. The van der Waals surface area contributed by atoms with Gasteiger partial charge in [0, 0.05) is 6.04 Å². The molecular formula is C15H21ClFN. The zero-order valence-corrected chi connectivity index (χ0v) is 11.6. The Morgan fingerprint density at radius 2 is 2.11 bits per heavy atom. The van der Waals surface area contributed by atoms with Crippen LogP contribution in [0.4, 0.5) is 4.39 Å². The smallest absolute Gasteiger partial charge is 0.144 e. The van der Waals surface area contributed by atoms with Crippen LogP contribution in [0.5, 0.6) is 0 Å². The van der Waals surface area contributed by atoms with Gasteiger partial charge in [-0.05, 0) is 43.4 Å². The van der Waals surface area contributed by atoms with E-state index in [1.54, 1.807) is 6.07 Å². The molecule has 100 valence electrons. The highest BCUT2D eigenvalue weighted by Gasteiger charge is 2.25. The van der Waals surface area contributed by atoms with Crippen LogP contribution in [-0.4, -0.2) is 12.6 Å². The van der Waals surface area contributed by atoms with E-state index < -0.39 is 0 Å². The van der Waals surface area contributed by atoms with Crippen molar-refractivity contribution in [2.24, 2.45) is 5.92 Å². The molecule has 0 bridgehead atoms. The maximum atomic E-state index is 13.9. The van der Waals surface area contributed by atoms with Gasteiger partial charge >= 0.3 is 0 Å². The molecule has 0 spiro atoms. The lowest BCUT2D eigenvalue weighted by molar-refractivity contribution is 0.262. The van der Waals surface area contributed by atoms with Gasteiger partial charge in [-0.25, -0.2) is 4.39 Å². The van der Waals surface area contributed by atoms with Crippen LogP contribution in [0.15, 0.2) is 18.2 Å². The van der Waals surface area contributed by atoms with Crippen molar-refractivity contribution in [3.8, 4) is 0 Å². The number of nitrogens with one attached hydrogen (secondary N) is 1. The summed E-state index contributed by atoms with van der Waals surface area (Å²) >= 11 is 5.84. The van der Waals surface area contributed by atoms with Crippen LogP contribution < -0.4 is 5.32 Å². The maximum Gasteiger partial charge on any atom is 0.144 e. The lowest BCUT2D eigenvalue weighted by atomic mass is 9.80. The van der Waals surface area contributed by atoms with E-state index in [4.69, 9.17) is 11.6 Å². The van der Waals surface area contributed by atoms with Crippen LogP contribution in [0.3, 0.4) is 0 Å². The Morgan fingerprint density at radius 1 is 1.33 bits per heavy atom. The summed E-state index contributed by atoms with van der Waals surface area (Å²) in [5.74, 6) is 0.298. The van der Waals surface area contributed by atoms with Gasteiger partial charge in [0.05, 0.1) is 5.02 Å². The minimum absolute atomic E-state index is 0.236. The first-order valence-electron chi connectivity index (χ1n) is 6.88. The molecule has 0 heterocycles. The molecule has 1 aliphatic rings. The number of hydrogen-bond acceptors (Lipinski definition) is 1. The fourth-order valence-electron chi connectivity index (χ4n) is 2.97. The number of halogens is 2. The third-order valence-electron chi connectivity index (χ3n) is 3.89. The van der Waals surface area contributed by atoms with Gasteiger partial charge in [0.25, 0.3) is 0 Å². The average Bonchev–Trinajstić information content (AvgIpc) is 2.37. The Kier molecular flexibility index (Phi) is 5.02. The molecule has 1 fully saturated rings. The molecule has 1 aromatic rings. The van der Waals surface area contributed by atoms with Crippen LogP contribution in [-0.2, 0) is 6.42 Å². The van der Waals surface area contributed by atoms with Crippen LogP contribution in [0.2, 0.25) is 5.02 Å². The molecule has 2 atom stereocenters. The molecule has 0 aliphatic heterocycles. The van der Waals surface area contributed by atoms with Crippen LogP contribution >= 0.6 is 11.6 Å². The summed E-state index contributed by atoms with van der Waals surface area (Å²) in [6.07, 6.45) is 5.73. The summed E-state index contributed by atoms with van der Waals surface area (Å²) in [4.78, 5) is 0. The van der Waals surface area contributed by atoms with Gasteiger partial charge in [-0.1, -0.05) is 43.5 Å². The van der Waals surface area contributed by atoms with Crippen LogP contribution in [0, 0.1) is 11.7 Å². The SMILES string of the molecule is CCNC1CCCCC1Cc1cccc(Cl)c1F. The number of hydrogen-bond donors (Lipinski definition) is 1. The quantitative estimate of drug-likeness (QED) is 0.864. The Labute approximate surface area is 114 Å². The Bertz CT molecular complexity index is 392. The van der Waals surface area contributed by atoms with Crippen molar-refractivity contribution < 1.29 is 4.39 Å². The molecule has 1 N–H and O–H groups in total. The lowest BCUT2D eigenvalue weighted by Crippen LogP contribution is -2.39. The summed E-state index contributed by atoms with van der Waals surface area (Å²) in [5.41, 5.74) is 0.761. The standard InChI is InChI=1S/C15H21ClFN/c1-2-18-14-9-4-3-6-11(14)10-12-7-5-8-13(16)15(12)17/h5,7-8,11,14,18H,2-4,6,9-10H2,1H3. The number of benzene rings is 1. The van der Waals surface area contributed by atoms with E-state index in [0.717, 1.165) is 18.5 Å². The zero-order chi connectivity index (χ0) is 13.0. The number of rotatable bonds is 4. The summed E-state index contributed by atoms with van der Waals surface area (Å²) < 4.78 is 13.9. The van der Waals surface area contributed by atoms with Crippen molar-refractivity contribution in [2.75, 3.05) is 6.54 Å². The molecule has 1 aliphatic carbocycles. The minimum Gasteiger partial charge on any atom is -0.314 e. The van der Waals surface area contributed by atoms with E-state index in [1.165, 1.54) is 25.7 Å². The average molecular weight is 270 g/mol. The fourth-order valence-corrected chi connectivity index (χ4v) is 3.17. The van der Waals surface area contributed by atoms with E-state index >= 15 is 0 Å². The second-order valence-corrected chi connectivity index (χ2v) is 5.53. The molecule has 2 rings (SSSR count). The highest BCUT2D eigenvalue weighted by Crippen LogP contribution is 2.29. The van der Waals surface area contributed by atoms with Crippen molar-refractivity contribution in [3.05, 3.63) is 34.6 Å². The monoisotopic (exact) mass is 269 g/mol. The van der Waals surface area contributed by atoms with E-state index in [-0.39, 0.29) is 10.8 Å². The van der Waals surface area contributed by atoms with Gasteiger partial charge in [0.2, 0.25) is 0 Å². The first-order valence-corrected chi connectivity index (χ1v) is 7.26. The topological polar surface area (TPSA) is 12.0 Å². The van der Waals surface area contributed by atoms with Crippen molar-refractivity contribution in [2.45, 2.75) is 45.1 Å². The van der Waals surface area contributed by atoms with Gasteiger partial charge in [-0.3, -0.25) is 0 Å². The third-order valence-corrected chi connectivity index (χ3v) is 4.18. The molecule has 1 aromatic carbocycles. The van der Waals surface area contributed by atoms with E-state index in [1.807, 2.05) is 12.1 Å². The first-order chi connectivity index (χ1) is 8.72. The highest BCUT2D eigenvalue weighted by atomic mass is 35.5. The molecule has 2 unspecified atom stereocenters. The molecule has 0 saturated heterocycles. The summed E-state index contributed by atoms with van der Waals surface area (Å²) in [6.45, 7) is 3.12. The largest absolute Gasteiger partial charge is 0.314 e.